The number of aromatic nitrogens is 2. The number of amides is 1. The van der Waals surface area contributed by atoms with E-state index >= 15 is 0 Å². The Labute approximate surface area is 148 Å². The molecule has 3 rings (SSSR count). The van der Waals surface area contributed by atoms with Gasteiger partial charge in [-0.05, 0) is 31.0 Å². The zero-order chi connectivity index (χ0) is 18.9. The van der Waals surface area contributed by atoms with E-state index < -0.39 is 23.2 Å². The fourth-order valence-corrected chi connectivity index (χ4v) is 3.08. The maximum Gasteiger partial charge on any atom is 0.274 e. The van der Waals surface area contributed by atoms with Crippen LogP contribution in [0, 0.1) is 5.82 Å². The first kappa shape index (κ1) is 18.2. The van der Waals surface area contributed by atoms with Crippen LogP contribution >= 0.6 is 0 Å². The van der Waals surface area contributed by atoms with Crippen molar-refractivity contribution in [2.75, 3.05) is 7.05 Å². The van der Waals surface area contributed by atoms with E-state index in [9.17, 15) is 22.8 Å². The van der Waals surface area contributed by atoms with E-state index in [1.807, 2.05) is 0 Å². The van der Waals surface area contributed by atoms with Crippen LogP contribution in [0.2, 0.25) is 0 Å². The standard InChI is InChI=1S/C18H18F3N3O2/c1-23(12-8-10-18(20,21)11-9-12)17(26)14-6-7-16(25)24(22-14)15-5-3-2-4-13(15)19/h2-7,12H,8-11H2,1H3. The molecule has 0 N–H and O–H groups in total. The molecule has 0 atom stereocenters. The molecule has 0 radical (unpaired) electrons. The highest BCUT2D eigenvalue weighted by molar-refractivity contribution is 5.92. The van der Waals surface area contributed by atoms with Gasteiger partial charge in [0.2, 0.25) is 5.92 Å². The molecule has 0 unspecified atom stereocenters. The fourth-order valence-electron chi connectivity index (χ4n) is 3.08. The van der Waals surface area contributed by atoms with Crippen LogP contribution in [-0.4, -0.2) is 39.6 Å². The number of carbonyl (C=O) groups excluding carboxylic acids is 1. The molecule has 26 heavy (non-hydrogen) atoms. The van der Waals surface area contributed by atoms with E-state index in [2.05, 4.69) is 5.10 Å². The molecule has 0 saturated heterocycles. The molecule has 1 aromatic heterocycles. The van der Waals surface area contributed by atoms with Crippen LogP contribution < -0.4 is 5.56 Å². The van der Waals surface area contributed by atoms with Gasteiger partial charge in [0.25, 0.3) is 11.5 Å². The quantitative estimate of drug-likeness (QED) is 0.840. The monoisotopic (exact) mass is 365 g/mol. The van der Waals surface area contributed by atoms with Gasteiger partial charge in [0.15, 0.2) is 0 Å². The van der Waals surface area contributed by atoms with E-state index in [4.69, 9.17) is 0 Å². The average Bonchev–Trinajstić information content (AvgIpc) is 2.62. The summed E-state index contributed by atoms with van der Waals surface area (Å²) in [5.41, 5.74) is -0.689. The second-order valence-electron chi connectivity index (χ2n) is 6.42. The van der Waals surface area contributed by atoms with Crippen molar-refractivity contribution in [3.8, 4) is 5.69 Å². The van der Waals surface area contributed by atoms with Crippen LogP contribution in [0.4, 0.5) is 13.2 Å². The molecule has 0 aliphatic heterocycles. The zero-order valence-electron chi connectivity index (χ0n) is 14.2. The Morgan fingerprint density at radius 1 is 1.19 bits per heavy atom. The number of hydrogen-bond donors (Lipinski definition) is 0. The van der Waals surface area contributed by atoms with Crippen LogP contribution in [0.3, 0.4) is 0 Å². The van der Waals surface area contributed by atoms with Crippen molar-refractivity contribution < 1.29 is 18.0 Å². The first-order chi connectivity index (χ1) is 12.3. The summed E-state index contributed by atoms with van der Waals surface area (Å²) in [6.45, 7) is 0. The van der Waals surface area contributed by atoms with Crippen molar-refractivity contribution in [1.82, 2.24) is 14.7 Å². The Morgan fingerprint density at radius 2 is 1.85 bits per heavy atom. The predicted molar refractivity (Wildman–Crippen MR) is 89.1 cm³/mol. The minimum atomic E-state index is -2.68. The second kappa shape index (κ2) is 6.93. The first-order valence-corrected chi connectivity index (χ1v) is 8.29. The number of carbonyl (C=O) groups is 1. The Morgan fingerprint density at radius 3 is 2.50 bits per heavy atom. The van der Waals surface area contributed by atoms with Crippen molar-refractivity contribution in [2.24, 2.45) is 0 Å². The highest BCUT2D eigenvalue weighted by Gasteiger charge is 2.37. The Balaban J connectivity index is 1.86. The molecule has 1 saturated carbocycles. The van der Waals surface area contributed by atoms with Gasteiger partial charge in [0.1, 0.15) is 17.2 Å². The third kappa shape index (κ3) is 3.63. The van der Waals surface area contributed by atoms with Gasteiger partial charge < -0.3 is 4.90 Å². The molecule has 138 valence electrons. The van der Waals surface area contributed by atoms with E-state index in [1.54, 1.807) is 6.07 Å². The van der Waals surface area contributed by atoms with Crippen molar-refractivity contribution in [3.63, 3.8) is 0 Å². The van der Waals surface area contributed by atoms with Crippen LogP contribution in [0.25, 0.3) is 5.69 Å². The number of para-hydroxylation sites is 1. The smallest absolute Gasteiger partial charge is 0.274 e. The molecule has 8 heteroatoms. The maximum absolute atomic E-state index is 13.9. The number of hydrogen-bond acceptors (Lipinski definition) is 3. The first-order valence-electron chi connectivity index (χ1n) is 8.29. The number of nitrogens with zero attached hydrogens (tertiary/aromatic N) is 3. The Hall–Kier alpha value is -2.64. The number of benzene rings is 1. The molecule has 1 amide bonds. The highest BCUT2D eigenvalue weighted by atomic mass is 19.3. The Kier molecular flexibility index (Phi) is 4.84. The van der Waals surface area contributed by atoms with Gasteiger partial charge in [0, 0.05) is 32.0 Å². The molecule has 0 bridgehead atoms. The van der Waals surface area contributed by atoms with Crippen molar-refractivity contribution in [3.05, 3.63) is 58.3 Å². The molecule has 1 aliphatic carbocycles. The zero-order valence-corrected chi connectivity index (χ0v) is 14.2. The molecule has 5 nitrogen and oxygen atoms in total. The van der Waals surface area contributed by atoms with Crippen molar-refractivity contribution in [1.29, 1.82) is 0 Å². The lowest BCUT2D eigenvalue weighted by atomic mass is 9.91. The van der Waals surface area contributed by atoms with Crippen LogP contribution in [0.15, 0.2) is 41.2 Å². The van der Waals surface area contributed by atoms with Crippen molar-refractivity contribution >= 4 is 5.91 Å². The van der Waals surface area contributed by atoms with Gasteiger partial charge in [-0.25, -0.2) is 13.2 Å². The molecule has 2 aromatic rings. The number of alkyl halides is 2. The molecular weight excluding hydrogens is 347 g/mol. The molecule has 1 fully saturated rings. The SMILES string of the molecule is CN(C(=O)c1ccc(=O)n(-c2ccccc2F)n1)C1CCC(F)(F)CC1. The normalized spacial score (nSPS) is 17.1. The van der Waals surface area contributed by atoms with Crippen LogP contribution in [-0.2, 0) is 0 Å². The minimum Gasteiger partial charge on any atom is -0.337 e. The van der Waals surface area contributed by atoms with Gasteiger partial charge in [-0.3, -0.25) is 9.59 Å². The average molecular weight is 365 g/mol. The van der Waals surface area contributed by atoms with Gasteiger partial charge >= 0.3 is 0 Å². The largest absolute Gasteiger partial charge is 0.337 e. The van der Waals surface area contributed by atoms with Gasteiger partial charge in [-0.2, -0.15) is 9.78 Å². The third-order valence-corrected chi connectivity index (χ3v) is 4.65. The molecule has 1 aromatic carbocycles. The van der Waals surface area contributed by atoms with Crippen LogP contribution in [0.5, 0.6) is 0 Å². The van der Waals surface area contributed by atoms with Gasteiger partial charge in [-0.15, -0.1) is 0 Å². The predicted octanol–water partition coefficient (Wildman–Crippen LogP) is 3.02. The Bertz CT molecular complexity index is 872. The summed E-state index contributed by atoms with van der Waals surface area (Å²) in [5, 5.41) is 3.97. The lowest BCUT2D eigenvalue weighted by molar-refractivity contribution is -0.0491. The maximum atomic E-state index is 13.9. The summed E-state index contributed by atoms with van der Waals surface area (Å²) in [5.74, 6) is -3.82. The highest BCUT2D eigenvalue weighted by Crippen LogP contribution is 2.34. The molecule has 1 heterocycles. The fraction of sp³-hybridized carbons (Fsp3) is 0.389. The van der Waals surface area contributed by atoms with E-state index in [0.717, 1.165) is 10.7 Å². The lowest BCUT2D eigenvalue weighted by Crippen LogP contribution is -2.42. The summed E-state index contributed by atoms with van der Waals surface area (Å²) in [7, 11) is 1.52. The third-order valence-electron chi connectivity index (χ3n) is 4.65. The summed E-state index contributed by atoms with van der Waals surface area (Å²) >= 11 is 0. The van der Waals surface area contributed by atoms with E-state index in [1.165, 1.54) is 36.2 Å². The molecule has 0 spiro atoms. The summed E-state index contributed by atoms with van der Waals surface area (Å²) in [4.78, 5) is 26.0. The number of rotatable bonds is 3. The van der Waals surface area contributed by atoms with E-state index in [-0.39, 0.29) is 43.1 Å². The lowest BCUT2D eigenvalue weighted by Gasteiger charge is -2.34. The van der Waals surface area contributed by atoms with Gasteiger partial charge in [0.05, 0.1) is 0 Å². The van der Waals surface area contributed by atoms with Crippen LogP contribution in [0.1, 0.15) is 36.2 Å². The van der Waals surface area contributed by atoms with Gasteiger partial charge in [-0.1, -0.05) is 12.1 Å². The minimum absolute atomic E-state index is 0.0484. The van der Waals surface area contributed by atoms with E-state index in [0.29, 0.717) is 0 Å². The summed E-state index contributed by atoms with van der Waals surface area (Å²) < 4.78 is 41.4. The summed E-state index contributed by atoms with van der Waals surface area (Å²) in [6.07, 6.45) is -0.140. The number of halogens is 3. The summed E-state index contributed by atoms with van der Waals surface area (Å²) in [6, 6.07) is 7.67. The molecular formula is C18H18F3N3O2. The molecule has 1 aliphatic rings. The topological polar surface area (TPSA) is 55.2 Å². The van der Waals surface area contributed by atoms with Crippen molar-refractivity contribution in [2.45, 2.75) is 37.6 Å². The second-order valence-corrected chi connectivity index (χ2v) is 6.42.